The summed E-state index contributed by atoms with van der Waals surface area (Å²) in [4.78, 5) is 11.9. The molecule has 3 heteroatoms. The summed E-state index contributed by atoms with van der Waals surface area (Å²) >= 11 is 0. The van der Waals surface area contributed by atoms with Crippen LogP contribution in [0.15, 0.2) is 0 Å². The Kier molecular flexibility index (Phi) is 5.93. The Morgan fingerprint density at radius 2 is 1.57 bits per heavy atom. The van der Waals surface area contributed by atoms with Gasteiger partial charge in [-0.3, -0.25) is 4.79 Å². The van der Waals surface area contributed by atoms with Crippen molar-refractivity contribution < 1.29 is 14.3 Å². The van der Waals surface area contributed by atoms with Crippen molar-refractivity contribution in [2.45, 2.75) is 150 Å². The first-order valence-electron chi connectivity index (χ1n) is 15.1. The van der Waals surface area contributed by atoms with Crippen molar-refractivity contribution in [1.82, 2.24) is 0 Å². The predicted octanol–water partition coefficient (Wildman–Crippen LogP) is 8.34. The van der Waals surface area contributed by atoms with Gasteiger partial charge in [-0.1, -0.05) is 74.7 Å². The second kappa shape index (κ2) is 7.97. The minimum atomic E-state index is -0.127. The molecule has 0 radical (unpaired) electrons. The van der Waals surface area contributed by atoms with Crippen LogP contribution in [0, 0.1) is 45.3 Å². The Hall–Kier alpha value is -0.570. The van der Waals surface area contributed by atoms with Gasteiger partial charge in [0, 0.05) is 23.2 Å². The minimum Gasteiger partial charge on any atom is -0.462 e. The molecule has 1 heterocycles. The molecule has 0 N–H and O–H groups in total. The third-order valence-electron chi connectivity index (χ3n) is 13.4. The van der Waals surface area contributed by atoms with Gasteiger partial charge in [0.15, 0.2) is 0 Å². The minimum absolute atomic E-state index is 0.00365. The van der Waals surface area contributed by atoms with Gasteiger partial charge in [-0.25, -0.2) is 0 Å². The maximum atomic E-state index is 11.9. The van der Waals surface area contributed by atoms with E-state index in [0.29, 0.717) is 11.3 Å². The molecule has 3 nitrogen and oxygen atoms in total. The first kappa shape index (κ1) is 26.1. The normalized spacial score (nSPS) is 50.5. The Balaban J connectivity index is 1.42. The zero-order valence-corrected chi connectivity index (χ0v) is 24.4. The van der Waals surface area contributed by atoms with Crippen LogP contribution in [0.3, 0.4) is 0 Å². The molecule has 5 aliphatic rings. The van der Waals surface area contributed by atoms with Crippen LogP contribution in [0.5, 0.6) is 0 Å². The number of rotatable bonds is 6. The Labute approximate surface area is 215 Å². The molecule has 4 aliphatic carbocycles. The molecule has 4 saturated carbocycles. The van der Waals surface area contributed by atoms with Gasteiger partial charge in [-0.15, -0.1) is 0 Å². The Morgan fingerprint density at radius 3 is 2.23 bits per heavy atom. The van der Waals surface area contributed by atoms with Gasteiger partial charge in [0.25, 0.3) is 0 Å². The standard InChI is InChI=1S/C32H54O3/c1-21(2)11-10-12-22(3)24-13-17-30(9)28(24,7)19-20-31-29(8)16-15-26(34-23(4)33)27(5,6)25(29)14-18-32(30,31)35-31/h21-22,24-26H,10-20H2,1-9H3/t22-,24+,25+,26-,28+,29-,30+,31-,32+/m0/s1. The third kappa shape index (κ3) is 3.15. The van der Waals surface area contributed by atoms with Crippen LogP contribution < -0.4 is 0 Å². The first-order chi connectivity index (χ1) is 16.2. The number of carbonyl (C=O) groups excluding carboxylic acids is 1. The molecule has 35 heavy (non-hydrogen) atoms. The monoisotopic (exact) mass is 486 g/mol. The molecule has 5 fully saturated rings. The summed E-state index contributed by atoms with van der Waals surface area (Å²) in [5, 5.41) is 0. The second-order valence-corrected chi connectivity index (χ2v) is 15.4. The average molecular weight is 487 g/mol. The van der Waals surface area contributed by atoms with E-state index in [4.69, 9.17) is 9.47 Å². The van der Waals surface area contributed by atoms with Crippen molar-refractivity contribution in [3.63, 3.8) is 0 Å². The summed E-state index contributed by atoms with van der Waals surface area (Å²) in [6.45, 7) is 21.5. The summed E-state index contributed by atoms with van der Waals surface area (Å²) < 4.78 is 13.2. The lowest BCUT2D eigenvalue weighted by Crippen LogP contribution is -2.66. The van der Waals surface area contributed by atoms with Crippen molar-refractivity contribution in [1.29, 1.82) is 0 Å². The third-order valence-corrected chi connectivity index (χ3v) is 13.4. The molecule has 0 spiro atoms. The Morgan fingerprint density at radius 1 is 0.857 bits per heavy atom. The topological polar surface area (TPSA) is 38.8 Å². The smallest absolute Gasteiger partial charge is 0.302 e. The van der Waals surface area contributed by atoms with E-state index in [0.717, 1.165) is 30.6 Å². The molecule has 9 atom stereocenters. The molecule has 0 bridgehead atoms. The molecule has 5 rings (SSSR count). The largest absolute Gasteiger partial charge is 0.462 e. The van der Waals surface area contributed by atoms with Crippen LogP contribution in [-0.2, 0) is 14.3 Å². The summed E-state index contributed by atoms with van der Waals surface area (Å²) in [6.07, 6.45) is 14.0. The number of esters is 1. The summed E-state index contributed by atoms with van der Waals surface area (Å²) in [5.74, 6) is 2.88. The van der Waals surface area contributed by atoms with E-state index < -0.39 is 0 Å². The summed E-state index contributed by atoms with van der Waals surface area (Å²) in [5.41, 5.74) is 0.936. The van der Waals surface area contributed by atoms with E-state index >= 15 is 0 Å². The highest BCUT2D eigenvalue weighted by atomic mass is 16.6. The fraction of sp³-hybridized carbons (Fsp3) is 0.969. The first-order valence-corrected chi connectivity index (χ1v) is 15.1. The second-order valence-electron chi connectivity index (χ2n) is 15.4. The number of hydrogen-bond acceptors (Lipinski definition) is 3. The van der Waals surface area contributed by atoms with Crippen molar-refractivity contribution in [3.05, 3.63) is 0 Å². The number of hydrogen-bond donors (Lipinski definition) is 0. The van der Waals surface area contributed by atoms with Crippen LogP contribution in [0.4, 0.5) is 0 Å². The van der Waals surface area contributed by atoms with E-state index in [1.165, 1.54) is 57.8 Å². The average Bonchev–Trinajstić information content (AvgIpc) is 3.39. The van der Waals surface area contributed by atoms with Gasteiger partial charge >= 0.3 is 5.97 Å². The lowest BCUT2D eigenvalue weighted by Gasteiger charge is -2.64. The van der Waals surface area contributed by atoms with Crippen molar-refractivity contribution in [3.8, 4) is 0 Å². The lowest BCUT2D eigenvalue weighted by atomic mass is 9.38. The van der Waals surface area contributed by atoms with E-state index in [2.05, 4.69) is 55.4 Å². The predicted molar refractivity (Wildman–Crippen MR) is 142 cm³/mol. The maximum absolute atomic E-state index is 11.9. The molecule has 0 unspecified atom stereocenters. The van der Waals surface area contributed by atoms with Crippen LogP contribution in [0.2, 0.25) is 0 Å². The van der Waals surface area contributed by atoms with Crippen molar-refractivity contribution >= 4 is 5.97 Å². The van der Waals surface area contributed by atoms with Gasteiger partial charge < -0.3 is 9.47 Å². The molecule has 0 aromatic heterocycles. The Bertz CT molecular complexity index is 863. The van der Waals surface area contributed by atoms with Gasteiger partial charge in [0.05, 0.1) is 0 Å². The van der Waals surface area contributed by atoms with Crippen molar-refractivity contribution in [2.24, 2.45) is 45.3 Å². The quantitative estimate of drug-likeness (QED) is 0.280. The highest BCUT2D eigenvalue weighted by molar-refractivity contribution is 5.66. The van der Waals surface area contributed by atoms with Gasteiger partial charge in [0.1, 0.15) is 17.3 Å². The highest BCUT2D eigenvalue weighted by Crippen LogP contribution is 2.86. The van der Waals surface area contributed by atoms with Crippen LogP contribution >= 0.6 is 0 Å². The number of carbonyl (C=O) groups is 1. The zero-order chi connectivity index (χ0) is 25.7. The van der Waals surface area contributed by atoms with Gasteiger partial charge in [-0.2, -0.15) is 0 Å². The fourth-order valence-electron chi connectivity index (χ4n) is 11.4. The molecule has 0 amide bonds. The molecule has 0 aromatic rings. The zero-order valence-electron chi connectivity index (χ0n) is 24.4. The lowest BCUT2D eigenvalue weighted by molar-refractivity contribution is -0.184. The van der Waals surface area contributed by atoms with E-state index in [1.807, 2.05) is 0 Å². The number of fused-ring (bicyclic) bond motifs is 2. The van der Waals surface area contributed by atoms with Crippen molar-refractivity contribution in [2.75, 3.05) is 0 Å². The van der Waals surface area contributed by atoms with E-state index in [9.17, 15) is 4.79 Å². The number of epoxide rings is 1. The molecule has 200 valence electrons. The SMILES string of the molecule is CC(=O)O[C@H]1CC[C@@]2(C)[C@H](CC[C@]34O[C@]32CC[C@]2(C)[C@@H]([C@@H](C)CCCC(C)C)CC[C@@]42C)C1(C)C. The van der Waals surface area contributed by atoms with Gasteiger partial charge in [0.2, 0.25) is 0 Å². The maximum Gasteiger partial charge on any atom is 0.302 e. The number of ether oxygens (including phenoxy) is 2. The van der Waals surface area contributed by atoms with Crippen LogP contribution in [-0.4, -0.2) is 23.3 Å². The molecule has 0 aromatic carbocycles. The molecule has 1 saturated heterocycles. The van der Waals surface area contributed by atoms with E-state index in [1.54, 1.807) is 6.92 Å². The fourth-order valence-corrected chi connectivity index (χ4v) is 11.4. The molecular formula is C32H54O3. The van der Waals surface area contributed by atoms with E-state index in [-0.39, 0.29) is 39.5 Å². The van der Waals surface area contributed by atoms with Gasteiger partial charge in [-0.05, 0) is 80.5 Å². The van der Waals surface area contributed by atoms with Crippen LogP contribution in [0.1, 0.15) is 133 Å². The summed E-state index contributed by atoms with van der Waals surface area (Å²) in [6, 6.07) is 0. The molecular weight excluding hydrogens is 432 g/mol. The molecule has 1 aliphatic heterocycles. The summed E-state index contributed by atoms with van der Waals surface area (Å²) in [7, 11) is 0. The highest BCUT2D eigenvalue weighted by Gasteiger charge is 2.90. The van der Waals surface area contributed by atoms with Crippen LogP contribution in [0.25, 0.3) is 0 Å².